The summed E-state index contributed by atoms with van der Waals surface area (Å²) in [5, 5.41) is 2.74. The number of H-pyrrole nitrogens is 1. The standard InChI is InChI=1S/C10H9ClN2O/c1-7-9(10(14)13(11)12-7)8-5-3-2-4-6-8/h2-6,12H,1H3. The van der Waals surface area contributed by atoms with Crippen LogP contribution in [0.2, 0.25) is 0 Å². The Hall–Kier alpha value is -1.48. The van der Waals surface area contributed by atoms with Gasteiger partial charge in [0.15, 0.2) is 0 Å². The van der Waals surface area contributed by atoms with E-state index in [-0.39, 0.29) is 5.56 Å². The molecule has 0 bridgehead atoms. The molecule has 0 spiro atoms. The van der Waals surface area contributed by atoms with Crippen LogP contribution >= 0.6 is 11.8 Å². The number of nitrogens with one attached hydrogen (secondary N) is 1. The topological polar surface area (TPSA) is 37.8 Å². The molecule has 0 unspecified atom stereocenters. The van der Waals surface area contributed by atoms with Gasteiger partial charge in [0.2, 0.25) is 0 Å². The number of benzene rings is 1. The van der Waals surface area contributed by atoms with Crippen molar-refractivity contribution in [3.8, 4) is 11.1 Å². The normalized spacial score (nSPS) is 10.4. The fourth-order valence-electron chi connectivity index (χ4n) is 1.46. The Labute approximate surface area is 86.0 Å². The summed E-state index contributed by atoms with van der Waals surface area (Å²) >= 11 is 5.63. The zero-order valence-corrected chi connectivity index (χ0v) is 8.38. The van der Waals surface area contributed by atoms with Crippen LogP contribution in [0, 0.1) is 6.92 Å². The highest BCUT2D eigenvalue weighted by Crippen LogP contribution is 2.17. The van der Waals surface area contributed by atoms with Crippen molar-refractivity contribution in [2.45, 2.75) is 6.92 Å². The summed E-state index contributed by atoms with van der Waals surface area (Å²) in [6, 6.07) is 9.45. The van der Waals surface area contributed by atoms with E-state index in [0.717, 1.165) is 15.5 Å². The van der Waals surface area contributed by atoms with E-state index in [9.17, 15) is 4.79 Å². The van der Waals surface area contributed by atoms with Gasteiger partial charge in [-0.15, -0.1) is 0 Å². The second-order valence-electron chi connectivity index (χ2n) is 3.06. The third kappa shape index (κ3) is 1.36. The third-order valence-corrected chi connectivity index (χ3v) is 2.33. The molecule has 0 fully saturated rings. The molecule has 0 amide bonds. The maximum Gasteiger partial charge on any atom is 0.289 e. The number of rotatable bonds is 1. The second kappa shape index (κ2) is 3.35. The highest BCUT2D eigenvalue weighted by atomic mass is 35.5. The summed E-state index contributed by atoms with van der Waals surface area (Å²) in [5.74, 6) is 0. The number of nitrogens with zero attached hydrogens (tertiary/aromatic N) is 1. The molecular formula is C10H9ClN2O. The minimum Gasteiger partial charge on any atom is -0.284 e. The first-order valence-electron chi connectivity index (χ1n) is 4.23. The smallest absolute Gasteiger partial charge is 0.284 e. The maximum absolute atomic E-state index is 11.6. The molecule has 0 aliphatic carbocycles. The molecule has 1 heterocycles. The van der Waals surface area contributed by atoms with Crippen LogP contribution in [-0.2, 0) is 0 Å². The summed E-state index contributed by atoms with van der Waals surface area (Å²) in [7, 11) is 0. The molecule has 1 aromatic heterocycles. The molecule has 2 rings (SSSR count). The van der Waals surface area contributed by atoms with Crippen molar-refractivity contribution in [2.24, 2.45) is 0 Å². The molecule has 3 nitrogen and oxygen atoms in total. The fourth-order valence-corrected chi connectivity index (χ4v) is 1.67. The van der Waals surface area contributed by atoms with Gasteiger partial charge in [0.05, 0.1) is 5.56 Å². The van der Waals surface area contributed by atoms with Crippen molar-refractivity contribution in [1.29, 1.82) is 0 Å². The third-order valence-electron chi connectivity index (χ3n) is 2.10. The highest BCUT2D eigenvalue weighted by molar-refractivity contribution is 6.14. The molecular weight excluding hydrogens is 200 g/mol. The summed E-state index contributed by atoms with van der Waals surface area (Å²) < 4.78 is 0.970. The number of aryl methyl sites for hydroxylation is 1. The summed E-state index contributed by atoms with van der Waals surface area (Å²) in [6.07, 6.45) is 0. The number of aromatic amines is 1. The van der Waals surface area contributed by atoms with E-state index >= 15 is 0 Å². The van der Waals surface area contributed by atoms with Crippen LogP contribution in [0.3, 0.4) is 0 Å². The molecule has 1 N–H and O–H groups in total. The van der Waals surface area contributed by atoms with Gasteiger partial charge in [0.1, 0.15) is 0 Å². The van der Waals surface area contributed by atoms with Gasteiger partial charge in [-0.3, -0.25) is 9.89 Å². The Bertz CT molecular complexity index is 499. The summed E-state index contributed by atoms with van der Waals surface area (Å²) in [4.78, 5) is 11.6. The first-order valence-corrected chi connectivity index (χ1v) is 4.57. The lowest BCUT2D eigenvalue weighted by Crippen LogP contribution is -2.08. The molecule has 14 heavy (non-hydrogen) atoms. The zero-order chi connectivity index (χ0) is 10.1. The predicted molar refractivity (Wildman–Crippen MR) is 56.5 cm³/mol. The van der Waals surface area contributed by atoms with E-state index < -0.39 is 0 Å². The Morgan fingerprint density at radius 2 is 1.93 bits per heavy atom. The van der Waals surface area contributed by atoms with Crippen molar-refractivity contribution in [3.05, 3.63) is 46.4 Å². The summed E-state index contributed by atoms with van der Waals surface area (Å²) in [6.45, 7) is 1.82. The van der Waals surface area contributed by atoms with Gasteiger partial charge < -0.3 is 0 Å². The summed E-state index contributed by atoms with van der Waals surface area (Å²) in [5.41, 5.74) is 2.07. The van der Waals surface area contributed by atoms with Gasteiger partial charge in [-0.05, 0) is 12.5 Å². The van der Waals surface area contributed by atoms with Gasteiger partial charge >= 0.3 is 0 Å². The average molecular weight is 209 g/mol. The van der Waals surface area contributed by atoms with E-state index in [1.54, 1.807) is 0 Å². The highest BCUT2D eigenvalue weighted by Gasteiger charge is 2.10. The van der Waals surface area contributed by atoms with E-state index in [1.807, 2.05) is 37.3 Å². The van der Waals surface area contributed by atoms with Crippen molar-refractivity contribution in [2.75, 3.05) is 0 Å². The Morgan fingerprint density at radius 1 is 1.29 bits per heavy atom. The van der Waals surface area contributed by atoms with Gasteiger partial charge in [-0.1, -0.05) is 30.3 Å². The lowest BCUT2D eigenvalue weighted by Gasteiger charge is -1.95. The van der Waals surface area contributed by atoms with Crippen molar-refractivity contribution >= 4 is 11.8 Å². The van der Waals surface area contributed by atoms with Crippen molar-refractivity contribution in [1.82, 2.24) is 9.30 Å². The largest absolute Gasteiger partial charge is 0.289 e. The molecule has 0 saturated heterocycles. The molecule has 0 atom stereocenters. The molecule has 0 aliphatic rings. The molecule has 1 aromatic carbocycles. The Balaban J connectivity index is 2.69. The minimum atomic E-state index is -0.213. The monoisotopic (exact) mass is 208 g/mol. The Morgan fingerprint density at radius 3 is 2.43 bits per heavy atom. The van der Waals surface area contributed by atoms with E-state index in [4.69, 9.17) is 11.8 Å². The van der Waals surface area contributed by atoms with Crippen LogP contribution in [0.5, 0.6) is 0 Å². The number of aromatic nitrogens is 2. The number of halogens is 1. The lowest BCUT2D eigenvalue weighted by molar-refractivity contribution is 0.936. The Kier molecular flexibility index (Phi) is 2.17. The van der Waals surface area contributed by atoms with Crippen LogP contribution in [-0.4, -0.2) is 9.30 Å². The maximum atomic E-state index is 11.6. The van der Waals surface area contributed by atoms with Crippen LogP contribution in [0.15, 0.2) is 35.1 Å². The second-order valence-corrected chi connectivity index (χ2v) is 3.40. The van der Waals surface area contributed by atoms with Gasteiger partial charge in [-0.2, -0.15) is 4.20 Å². The SMILES string of the molecule is Cc1[nH]n(Cl)c(=O)c1-c1ccccc1. The van der Waals surface area contributed by atoms with Crippen molar-refractivity contribution < 1.29 is 0 Å². The molecule has 72 valence electrons. The molecule has 4 heteroatoms. The lowest BCUT2D eigenvalue weighted by atomic mass is 10.1. The average Bonchev–Trinajstić information content (AvgIpc) is 2.43. The van der Waals surface area contributed by atoms with Crippen LogP contribution in [0.1, 0.15) is 5.69 Å². The molecule has 0 radical (unpaired) electrons. The predicted octanol–water partition coefficient (Wildman–Crippen LogP) is 2.15. The van der Waals surface area contributed by atoms with E-state index in [1.165, 1.54) is 0 Å². The van der Waals surface area contributed by atoms with E-state index in [0.29, 0.717) is 5.56 Å². The van der Waals surface area contributed by atoms with E-state index in [2.05, 4.69) is 5.10 Å². The van der Waals surface area contributed by atoms with Gasteiger partial charge in [-0.25, -0.2) is 0 Å². The molecule has 2 aromatic rings. The van der Waals surface area contributed by atoms with Crippen LogP contribution < -0.4 is 5.56 Å². The molecule has 0 aliphatic heterocycles. The first kappa shape index (κ1) is 9.09. The fraction of sp³-hybridized carbons (Fsp3) is 0.100. The van der Waals surface area contributed by atoms with Gasteiger partial charge in [0, 0.05) is 17.5 Å². The van der Waals surface area contributed by atoms with Gasteiger partial charge in [0.25, 0.3) is 5.56 Å². The number of hydrogen-bond acceptors (Lipinski definition) is 1. The van der Waals surface area contributed by atoms with Crippen LogP contribution in [0.4, 0.5) is 0 Å². The zero-order valence-electron chi connectivity index (χ0n) is 7.62. The first-order chi connectivity index (χ1) is 6.70. The quantitative estimate of drug-likeness (QED) is 0.766. The minimum absolute atomic E-state index is 0.213. The van der Waals surface area contributed by atoms with Crippen LogP contribution in [0.25, 0.3) is 11.1 Å². The number of hydrogen-bond donors (Lipinski definition) is 1. The molecule has 0 saturated carbocycles. The van der Waals surface area contributed by atoms with Crippen molar-refractivity contribution in [3.63, 3.8) is 0 Å².